The first-order chi connectivity index (χ1) is 18.4. The molecule has 0 aliphatic carbocycles. The summed E-state index contributed by atoms with van der Waals surface area (Å²) in [6.45, 7) is 0.189. The van der Waals surface area contributed by atoms with Crippen molar-refractivity contribution in [2.24, 2.45) is 0 Å². The maximum absolute atomic E-state index is 13.8. The van der Waals surface area contributed by atoms with E-state index in [1.54, 1.807) is 13.1 Å². The fraction of sp³-hybridized carbons (Fsp3) is 0.182. The summed E-state index contributed by atoms with van der Waals surface area (Å²) in [6, 6.07) is 8.90. The van der Waals surface area contributed by atoms with Crippen LogP contribution in [-0.2, 0) is 23.4 Å². The molecule has 2 aromatic carbocycles. The molecule has 5 N–H and O–H groups in total. The minimum Gasteiger partial charge on any atom is -0.339 e. The van der Waals surface area contributed by atoms with Crippen LogP contribution >= 0.6 is 7.60 Å². The summed E-state index contributed by atoms with van der Waals surface area (Å²) in [5.74, 6) is -0.946. The molecule has 39 heavy (non-hydrogen) atoms. The second kappa shape index (κ2) is 9.72. The number of tetrazole rings is 1. The van der Waals surface area contributed by atoms with Gasteiger partial charge in [0.05, 0.1) is 17.4 Å². The molecule has 0 bridgehead atoms. The van der Waals surface area contributed by atoms with E-state index in [2.05, 4.69) is 41.2 Å². The third-order valence-electron chi connectivity index (χ3n) is 5.80. The van der Waals surface area contributed by atoms with Crippen LogP contribution in [0.3, 0.4) is 0 Å². The van der Waals surface area contributed by atoms with Gasteiger partial charge in [-0.05, 0) is 40.6 Å². The Morgan fingerprint density at radius 1 is 1.13 bits per heavy atom. The fourth-order valence-electron chi connectivity index (χ4n) is 4.08. The molecule has 0 unspecified atom stereocenters. The molecule has 1 aliphatic heterocycles. The van der Waals surface area contributed by atoms with Crippen molar-refractivity contribution in [1.29, 1.82) is 0 Å². The van der Waals surface area contributed by atoms with Gasteiger partial charge in [-0.2, -0.15) is 23.4 Å². The Balaban J connectivity index is 1.49. The molecule has 0 saturated heterocycles. The van der Waals surface area contributed by atoms with E-state index >= 15 is 0 Å². The van der Waals surface area contributed by atoms with E-state index in [0.29, 0.717) is 28.6 Å². The van der Waals surface area contributed by atoms with E-state index in [4.69, 9.17) is 9.79 Å². The van der Waals surface area contributed by atoms with Gasteiger partial charge in [-0.15, -0.1) is 10.2 Å². The van der Waals surface area contributed by atoms with Crippen LogP contribution in [0.25, 0.3) is 11.4 Å². The van der Waals surface area contributed by atoms with Gasteiger partial charge in [-0.25, -0.2) is 4.98 Å². The minimum atomic E-state index is -4.81. The van der Waals surface area contributed by atoms with Crippen LogP contribution in [0.4, 0.5) is 36.3 Å². The first-order valence-electron chi connectivity index (χ1n) is 11.2. The van der Waals surface area contributed by atoms with E-state index in [1.807, 2.05) is 0 Å². The number of aromatic nitrogens is 6. The Kier molecular flexibility index (Phi) is 6.54. The monoisotopic (exact) mass is 561 g/mol. The maximum Gasteiger partial charge on any atom is 0.421 e. The van der Waals surface area contributed by atoms with Gasteiger partial charge in [0.25, 0.3) is 5.91 Å². The van der Waals surface area contributed by atoms with Gasteiger partial charge in [0, 0.05) is 31.0 Å². The molecule has 1 aliphatic rings. The first kappa shape index (κ1) is 26.2. The van der Waals surface area contributed by atoms with Crippen LogP contribution in [0, 0.1) is 0 Å². The van der Waals surface area contributed by atoms with Crippen LogP contribution < -0.4 is 10.6 Å². The Hall–Kier alpha value is -4.40. The number of carbonyl (C=O) groups is 1. The van der Waals surface area contributed by atoms with Gasteiger partial charge >= 0.3 is 13.8 Å². The number of alkyl halides is 3. The number of halogens is 3. The zero-order chi connectivity index (χ0) is 27.9. The Bertz CT molecular complexity index is 1590. The summed E-state index contributed by atoms with van der Waals surface area (Å²) in [4.78, 5) is 40.4. The van der Waals surface area contributed by atoms with Crippen molar-refractivity contribution >= 4 is 36.6 Å². The molecule has 0 fully saturated rings. The third kappa shape index (κ3) is 5.57. The van der Waals surface area contributed by atoms with Crippen molar-refractivity contribution < 1.29 is 32.3 Å². The highest BCUT2D eigenvalue weighted by atomic mass is 31.2. The molecule has 0 radical (unpaired) electrons. The molecule has 4 aromatic rings. The van der Waals surface area contributed by atoms with Gasteiger partial charge < -0.3 is 25.3 Å². The highest BCUT2D eigenvalue weighted by Crippen LogP contribution is 2.40. The van der Waals surface area contributed by atoms with Gasteiger partial charge in [0.2, 0.25) is 11.8 Å². The van der Waals surface area contributed by atoms with Gasteiger partial charge in [-0.3, -0.25) is 9.36 Å². The minimum absolute atomic E-state index is 0.100. The number of anilines is 4. The number of H-pyrrole nitrogens is 1. The summed E-state index contributed by atoms with van der Waals surface area (Å²) >= 11 is 0. The molecular weight excluding hydrogens is 542 g/mol. The van der Waals surface area contributed by atoms with Crippen LogP contribution in [0.5, 0.6) is 0 Å². The fourth-order valence-corrected chi connectivity index (χ4v) is 4.76. The first-order valence-corrected chi connectivity index (χ1v) is 13.0. The normalized spacial score (nSPS) is 13.5. The number of hydrogen-bond acceptors (Lipinski definition) is 9. The third-order valence-corrected chi connectivity index (χ3v) is 6.58. The van der Waals surface area contributed by atoms with E-state index in [9.17, 15) is 22.5 Å². The Labute approximate surface area is 217 Å². The molecule has 17 heteroatoms. The van der Waals surface area contributed by atoms with Crippen LogP contribution in [0.1, 0.15) is 27.0 Å². The molecule has 0 saturated carbocycles. The second-order valence-electron chi connectivity index (χ2n) is 8.63. The van der Waals surface area contributed by atoms with Crippen molar-refractivity contribution in [3.8, 4) is 11.4 Å². The second-order valence-corrected chi connectivity index (χ2v) is 10.3. The van der Waals surface area contributed by atoms with E-state index in [1.165, 1.54) is 35.2 Å². The smallest absolute Gasteiger partial charge is 0.339 e. The molecule has 0 atom stereocenters. The Morgan fingerprint density at radius 3 is 2.51 bits per heavy atom. The number of hydrogen-bond donors (Lipinski definition) is 5. The predicted molar refractivity (Wildman–Crippen MR) is 131 cm³/mol. The number of aromatic amines is 1. The number of benzene rings is 2. The van der Waals surface area contributed by atoms with E-state index < -0.39 is 37.2 Å². The SMILES string of the molecule is CN1Cc2c(-c3nn[nH]n3)ccc(Nc3nc(Nc4ccc(CP(=O)(O)O)cc4)ncc3C(F)(F)F)c2C1=O. The lowest BCUT2D eigenvalue weighted by Crippen LogP contribution is -2.18. The van der Waals surface area contributed by atoms with Crippen LogP contribution in [-0.4, -0.2) is 58.2 Å². The molecule has 202 valence electrons. The zero-order valence-corrected chi connectivity index (χ0v) is 20.8. The van der Waals surface area contributed by atoms with Crippen LogP contribution in [0.15, 0.2) is 42.6 Å². The lowest BCUT2D eigenvalue weighted by atomic mass is 10.0. The molecule has 1 amide bonds. The summed E-state index contributed by atoms with van der Waals surface area (Å²) < 4.78 is 52.7. The largest absolute Gasteiger partial charge is 0.421 e. The zero-order valence-electron chi connectivity index (χ0n) is 19.9. The van der Waals surface area contributed by atoms with Crippen molar-refractivity contribution in [2.75, 3.05) is 17.7 Å². The Morgan fingerprint density at radius 2 is 1.87 bits per heavy atom. The summed E-state index contributed by atoms with van der Waals surface area (Å²) in [7, 11) is -2.70. The number of nitrogens with zero attached hydrogens (tertiary/aromatic N) is 6. The summed E-state index contributed by atoms with van der Waals surface area (Å²) in [5, 5.41) is 19.1. The highest BCUT2D eigenvalue weighted by molar-refractivity contribution is 7.50. The molecule has 5 rings (SSSR count). The van der Waals surface area contributed by atoms with E-state index in [0.717, 1.165) is 0 Å². The van der Waals surface area contributed by atoms with Crippen molar-refractivity contribution in [1.82, 2.24) is 35.5 Å². The average molecular weight is 561 g/mol. The number of fused-ring (bicyclic) bond motifs is 1. The lowest BCUT2D eigenvalue weighted by Gasteiger charge is -2.17. The summed E-state index contributed by atoms with van der Waals surface area (Å²) in [5.41, 5.74) is 0.871. The van der Waals surface area contributed by atoms with Gasteiger partial charge in [-0.1, -0.05) is 12.1 Å². The molecular formula is C22H19F3N9O4P. The maximum atomic E-state index is 13.8. The quantitative estimate of drug-likeness (QED) is 0.209. The highest BCUT2D eigenvalue weighted by Gasteiger charge is 2.37. The van der Waals surface area contributed by atoms with Crippen molar-refractivity contribution in [2.45, 2.75) is 18.9 Å². The lowest BCUT2D eigenvalue weighted by molar-refractivity contribution is -0.137. The van der Waals surface area contributed by atoms with Crippen LogP contribution in [0.2, 0.25) is 0 Å². The number of nitrogens with one attached hydrogen (secondary N) is 3. The number of rotatable bonds is 7. The number of carbonyl (C=O) groups excluding carboxylic acids is 1. The van der Waals surface area contributed by atoms with Gasteiger partial charge in [0.1, 0.15) is 11.4 Å². The predicted octanol–water partition coefficient (Wildman–Crippen LogP) is 3.43. The number of amides is 1. The standard InChI is InChI=1S/C22H19F3N9O4P/c1-34-9-14-13(18-30-32-33-31-18)6-7-16(17(14)20(34)35)28-19-15(22(23,24)25)8-26-21(29-19)27-12-4-2-11(3-5-12)10-39(36,37)38/h2-8H,9-10H2,1H3,(H2,36,37,38)(H2,26,27,28,29)(H,30,31,32,33). The summed E-state index contributed by atoms with van der Waals surface area (Å²) in [6.07, 6.45) is -4.65. The molecule has 3 heterocycles. The molecule has 2 aromatic heterocycles. The average Bonchev–Trinajstić information content (AvgIpc) is 3.48. The van der Waals surface area contributed by atoms with Gasteiger partial charge in [0.15, 0.2) is 0 Å². The van der Waals surface area contributed by atoms with Crippen molar-refractivity contribution in [3.63, 3.8) is 0 Å². The van der Waals surface area contributed by atoms with E-state index in [-0.39, 0.29) is 29.6 Å². The topological polar surface area (TPSA) is 182 Å². The van der Waals surface area contributed by atoms with Crippen molar-refractivity contribution in [3.05, 3.63) is 64.8 Å². The molecule has 0 spiro atoms. The molecule has 13 nitrogen and oxygen atoms in total.